The minimum absolute atomic E-state index is 0.121. The molecule has 0 unspecified atom stereocenters. The number of aromatic nitrogens is 1. The predicted molar refractivity (Wildman–Crippen MR) is 72.1 cm³/mol. The average Bonchev–Trinajstić information content (AvgIpc) is 2.40. The number of nitrogens with zero attached hydrogens (tertiary/aromatic N) is 2. The van der Waals surface area contributed by atoms with Crippen LogP contribution in [0.3, 0.4) is 0 Å². The maximum absolute atomic E-state index is 12.0. The normalized spacial score (nSPS) is 10.7. The van der Waals surface area contributed by atoms with Crippen LogP contribution in [-0.2, 0) is 0 Å². The Morgan fingerprint density at radius 3 is 2.61 bits per heavy atom. The number of ether oxygens (including phenoxy) is 1. The Labute approximate surface area is 109 Å². The second-order valence-electron chi connectivity index (χ2n) is 4.04. The van der Waals surface area contributed by atoms with Gasteiger partial charge in [0.05, 0.1) is 12.8 Å². The van der Waals surface area contributed by atoms with Gasteiger partial charge < -0.3 is 9.64 Å². The summed E-state index contributed by atoms with van der Waals surface area (Å²) in [6.07, 6.45) is 3.76. The van der Waals surface area contributed by atoms with Gasteiger partial charge in [0, 0.05) is 24.7 Å². The Kier molecular flexibility index (Phi) is 6.36. The van der Waals surface area contributed by atoms with Crippen LogP contribution in [0.5, 0.6) is 5.75 Å². The summed E-state index contributed by atoms with van der Waals surface area (Å²) >= 11 is 0. The van der Waals surface area contributed by atoms with Gasteiger partial charge in [0.25, 0.3) is 0 Å². The first kappa shape index (κ1) is 14.6. The van der Waals surface area contributed by atoms with E-state index in [4.69, 9.17) is 4.74 Å². The van der Waals surface area contributed by atoms with Gasteiger partial charge in [0.1, 0.15) is 5.75 Å². The van der Waals surface area contributed by atoms with E-state index in [1.807, 2.05) is 6.92 Å². The first-order valence-corrected chi connectivity index (χ1v) is 6.54. The number of ketones is 1. The highest BCUT2D eigenvalue weighted by atomic mass is 16.5. The first-order valence-electron chi connectivity index (χ1n) is 6.54. The van der Waals surface area contributed by atoms with Crippen molar-refractivity contribution in [3.8, 4) is 5.75 Å². The summed E-state index contributed by atoms with van der Waals surface area (Å²) in [5.74, 6) is 0.780. The summed E-state index contributed by atoms with van der Waals surface area (Å²) in [6.45, 7) is 9.44. The van der Waals surface area contributed by atoms with Crippen molar-refractivity contribution >= 4 is 5.78 Å². The number of carbonyl (C=O) groups is 1. The van der Waals surface area contributed by atoms with E-state index in [9.17, 15) is 4.79 Å². The lowest BCUT2D eigenvalue weighted by Crippen LogP contribution is -2.25. The minimum Gasteiger partial charge on any atom is -0.492 e. The quantitative estimate of drug-likeness (QED) is 0.664. The third-order valence-electron chi connectivity index (χ3n) is 2.90. The van der Waals surface area contributed by atoms with Crippen LogP contribution >= 0.6 is 0 Å². The third kappa shape index (κ3) is 4.45. The highest BCUT2D eigenvalue weighted by Crippen LogP contribution is 2.12. The van der Waals surface area contributed by atoms with Crippen molar-refractivity contribution in [3.05, 3.63) is 24.0 Å². The van der Waals surface area contributed by atoms with E-state index in [0.717, 1.165) is 19.6 Å². The molecule has 1 heterocycles. The molecule has 0 aliphatic heterocycles. The number of rotatable bonds is 8. The predicted octanol–water partition coefficient (Wildman–Crippen LogP) is 2.39. The largest absolute Gasteiger partial charge is 0.492 e. The number of hydrogen-bond acceptors (Lipinski definition) is 4. The molecule has 1 aromatic rings. The van der Waals surface area contributed by atoms with E-state index in [1.54, 1.807) is 18.5 Å². The summed E-state index contributed by atoms with van der Waals surface area (Å²) in [4.78, 5) is 18.3. The van der Waals surface area contributed by atoms with Gasteiger partial charge in [-0.3, -0.25) is 9.78 Å². The molecule has 0 radical (unpaired) electrons. The fourth-order valence-electron chi connectivity index (χ4n) is 1.76. The molecule has 0 spiro atoms. The van der Waals surface area contributed by atoms with Crippen LogP contribution in [0, 0.1) is 0 Å². The molecule has 4 nitrogen and oxygen atoms in total. The molecule has 100 valence electrons. The Morgan fingerprint density at radius 1 is 1.28 bits per heavy atom. The summed E-state index contributed by atoms with van der Waals surface area (Å²) in [5, 5.41) is 0. The molecule has 0 amide bonds. The van der Waals surface area contributed by atoms with Crippen molar-refractivity contribution < 1.29 is 9.53 Å². The zero-order chi connectivity index (χ0) is 13.4. The maximum atomic E-state index is 12.0. The number of Topliss-reactive ketones (excluding diaryl/α,β-unsaturated/α-hetero) is 1. The number of pyridine rings is 1. The van der Waals surface area contributed by atoms with E-state index in [2.05, 4.69) is 23.7 Å². The van der Waals surface area contributed by atoms with Crippen molar-refractivity contribution in [1.82, 2.24) is 9.88 Å². The molecule has 1 aromatic heterocycles. The van der Waals surface area contributed by atoms with Crippen molar-refractivity contribution in [2.24, 2.45) is 0 Å². The van der Waals surface area contributed by atoms with Gasteiger partial charge in [0.2, 0.25) is 0 Å². The molecule has 18 heavy (non-hydrogen) atoms. The lowest BCUT2D eigenvalue weighted by atomic mass is 10.1. The molecule has 0 bridgehead atoms. The maximum Gasteiger partial charge on any atom is 0.165 e. The molecule has 0 aliphatic rings. The molecule has 0 fully saturated rings. The molecule has 0 aliphatic carbocycles. The fourth-order valence-corrected chi connectivity index (χ4v) is 1.76. The van der Waals surface area contributed by atoms with E-state index in [-0.39, 0.29) is 5.78 Å². The molecule has 0 saturated carbocycles. The molecule has 1 rings (SSSR count). The van der Waals surface area contributed by atoms with Gasteiger partial charge in [-0.25, -0.2) is 0 Å². The van der Waals surface area contributed by atoms with Crippen molar-refractivity contribution in [2.45, 2.75) is 27.2 Å². The minimum atomic E-state index is 0.121. The lowest BCUT2D eigenvalue weighted by molar-refractivity contribution is 0.0965. The molecule has 0 N–H and O–H groups in total. The van der Waals surface area contributed by atoms with Gasteiger partial charge in [-0.2, -0.15) is 0 Å². The number of carbonyl (C=O) groups excluding carboxylic acids is 1. The Balaban J connectivity index is 2.58. The first-order chi connectivity index (χ1) is 8.71. The molecule has 0 aromatic carbocycles. The van der Waals surface area contributed by atoms with Crippen LogP contribution in [0.15, 0.2) is 18.5 Å². The smallest absolute Gasteiger partial charge is 0.165 e. The molecular weight excluding hydrogens is 228 g/mol. The van der Waals surface area contributed by atoms with Crippen molar-refractivity contribution in [2.75, 3.05) is 26.2 Å². The lowest BCUT2D eigenvalue weighted by Gasteiger charge is -2.17. The van der Waals surface area contributed by atoms with Crippen LogP contribution < -0.4 is 4.74 Å². The van der Waals surface area contributed by atoms with Crippen LogP contribution in [0.4, 0.5) is 0 Å². The number of hydrogen-bond donors (Lipinski definition) is 0. The Hall–Kier alpha value is -1.42. The highest BCUT2D eigenvalue weighted by Gasteiger charge is 2.09. The van der Waals surface area contributed by atoms with Gasteiger partial charge in [-0.1, -0.05) is 13.8 Å². The second-order valence-corrected chi connectivity index (χ2v) is 4.04. The van der Waals surface area contributed by atoms with E-state index in [0.29, 0.717) is 24.3 Å². The SMILES string of the molecule is CCOc1cncc(C(=O)CCN(CC)CC)c1. The van der Waals surface area contributed by atoms with Gasteiger partial charge in [0.15, 0.2) is 5.78 Å². The van der Waals surface area contributed by atoms with Crippen molar-refractivity contribution in [3.63, 3.8) is 0 Å². The molecule has 4 heteroatoms. The summed E-state index contributed by atoms with van der Waals surface area (Å²) in [7, 11) is 0. The third-order valence-corrected chi connectivity index (χ3v) is 2.90. The van der Waals surface area contributed by atoms with Gasteiger partial charge in [-0.05, 0) is 26.1 Å². The van der Waals surface area contributed by atoms with E-state index in [1.165, 1.54) is 0 Å². The van der Waals surface area contributed by atoms with Gasteiger partial charge in [-0.15, -0.1) is 0 Å². The zero-order valence-electron chi connectivity index (χ0n) is 11.5. The second kappa shape index (κ2) is 7.82. The van der Waals surface area contributed by atoms with Crippen LogP contribution in [0.25, 0.3) is 0 Å². The van der Waals surface area contributed by atoms with E-state index < -0.39 is 0 Å². The van der Waals surface area contributed by atoms with Crippen molar-refractivity contribution in [1.29, 1.82) is 0 Å². The van der Waals surface area contributed by atoms with Gasteiger partial charge >= 0.3 is 0 Å². The summed E-state index contributed by atoms with van der Waals surface area (Å²) < 4.78 is 5.34. The topological polar surface area (TPSA) is 42.4 Å². The van der Waals surface area contributed by atoms with E-state index >= 15 is 0 Å². The summed E-state index contributed by atoms with van der Waals surface area (Å²) in [6, 6.07) is 1.76. The van der Waals surface area contributed by atoms with Crippen LogP contribution in [0.1, 0.15) is 37.6 Å². The molecule has 0 atom stereocenters. The molecule has 0 saturated heterocycles. The van der Waals surface area contributed by atoms with Crippen LogP contribution in [0.2, 0.25) is 0 Å². The summed E-state index contributed by atoms with van der Waals surface area (Å²) in [5.41, 5.74) is 0.633. The standard InChI is InChI=1S/C14H22N2O2/c1-4-16(5-2)8-7-14(17)12-9-13(18-6-3)11-15-10-12/h9-11H,4-8H2,1-3H3. The zero-order valence-corrected chi connectivity index (χ0v) is 11.5. The van der Waals surface area contributed by atoms with Crippen LogP contribution in [-0.4, -0.2) is 41.9 Å². The Morgan fingerprint density at radius 2 is 2.00 bits per heavy atom. The monoisotopic (exact) mass is 250 g/mol. The Bertz CT molecular complexity index is 376. The highest BCUT2D eigenvalue weighted by molar-refractivity contribution is 5.96. The fraction of sp³-hybridized carbons (Fsp3) is 0.571. The average molecular weight is 250 g/mol. The molecular formula is C14H22N2O2.